The van der Waals surface area contributed by atoms with Gasteiger partial charge in [0.15, 0.2) is 0 Å². The first kappa shape index (κ1) is 26.3. The van der Waals surface area contributed by atoms with Gasteiger partial charge in [0.05, 0.1) is 35.2 Å². The Balaban J connectivity index is 1.82. The van der Waals surface area contributed by atoms with Gasteiger partial charge >= 0.3 is 11.9 Å². The number of hydrogen-bond acceptors (Lipinski definition) is 7. The minimum absolute atomic E-state index is 0.221. The molecule has 0 atom stereocenters. The summed E-state index contributed by atoms with van der Waals surface area (Å²) < 4.78 is 10.2. The molecule has 1 aliphatic rings. The van der Waals surface area contributed by atoms with Gasteiger partial charge < -0.3 is 14.8 Å². The van der Waals surface area contributed by atoms with Gasteiger partial charge in [-0.3, -0.25) is 9.59 Å². The molecule has 0 spiro atoms. The molecule has 0 saturated carbocycles. The van der Waals surface area contributed by atoms with Crippen molar-refractivity contribution in [2.24, 2.45) is 0 Å². The molecule has 0 aliphatic carbocycles. The van der Waals surface area contributed by atoms with Crippen LogP contribution in [0.15, 0.2) is 72.8 Å². The first-order chi connectivity index (χ1) is 18.0. The van der Waals surface area contributed by atoms with Crippen LogP contribution < -0.4 is 10.2 Å². The van der Waals surface area contributed by atoms with Crippen LogP contribution in [0.25, 0.3) is 11.3 Å². The molecule has 0 radical (unpaired) electrons. The van der Waals surface area contributed by atoms with Crippen LogP contribution in [0.5, 0.6) is 0 Å². The number of ether oxygens (including phenoxy) is 2. The first-order valence-corrected chi connectivity index (χ1v) is 12.0. The SMILES string of the molecule is COC(=O)c1ccc2c(c1)N(C(C)=O)C(=O)C2=C(Nc1ccc(C(=O)OC(C)(C)C)cc1)c1ccccc1. The van der Waals surface area contributed by atoms with Crippen molar-refractivity contribution in [1.29, 1.82) is 0 Å². The molecule has 194 valence electrons. The number of carbonyl (C=O) groups is 4. The van der Waals surface area contributed by atoms with Crippen molar-refractivity contribution in [1.82, 2.24) is 0 Å². The number of fused-ring (bicyclic) bond motifs is 1. The Morgan fingerprint density at radius 1 is 0.816 bits per heavy atom. The predicted molar refractivity (Wildman–Crippen MR) is 144 cm³/mol. The van der Waals surface area contributed by atoms with Gasteiger partial charge in [-0.2, -0.15) is 0 Å². The summed E-state index contributed by atoms with van der Waals surface area (Å²) in [5.74, 6) is -2.02. The van der Waals surface area contributed by atoms with Crippen LogP contribution in [0.2, 0.25) is 0 Å². The fourth-order valence-electron chi connectivity index (χ4n) is 4.12. The van der Waals surface area contributed by atoms with Crippen molar-refractivity contribution >= 4 is 46.4 Å². The smallest absolute Gasteiger partial charge is 0.338 e. The highest BCUT2D eigenvalue weighted by Crippen LogP contribution is 2.42. The third-order valence-electron chi connectivity index (χ3n) is 5.76. The molecule has 0 bridgehead atoms. The fourth-order valence-corrected chi connectivity index (χ4v) is 4.12. The molecular weight excluding hydrogens is 484 g/mol. The summed E-state index contributed by atoms with van der Waals surface area (Å²) in [6.45, 7) is 6.69. The second-order valence-corrected chi connectivity index (χ2v) is 9.70. The van der Waals surface area contributed by atoms with Crippen LogP contribution in [-0.4, -0.2) is 36.5 Å². The lowest BCUT2D eigenvalue weighted by Crippen LogP contribution is -2.31. The van der Waals surface area contributed by atoms with Crippen LogP contribution >= 0.6 is 0 Å². The molecule has 3 aromatic rings. The summed E-state index contributed by atoms with van der Waals surface area (Å²) in [4.78, 5) is 51.8. The third-order valence-corrected chi connectivity index (χ3v) is 5.76. The van der Waals surface area contributed by atoms with Crippen molar-refractivity contribution in [3.63, 3.8) is 0 Å². The lowest BCUT2D eigenvalue weighted by Gasteiger charge is -2.19. The van der Waals surface area contributed by atoms with Crippen LogP contribution in [0.1, 0.15) is 59.5 Å². The van der Waals surface area contributed by atoms with Gasteiger partial charge in [-0.15, -0.1) is 0 Å². The first-order valence-electron chi connectivity index (χ1n) is 12.0. The van der Waals surface area contributed by atoms with E-state index in [-0.39, 0.29) is 11.1 Å². The Labute approximate surface area is 220 Å². The van der Waals surface area contributed by atoms with E-state index in [2.05, 4.69) is 5.32 Å². The van der Waals surface area contributed by atoms with Gasteiger partial charge in [0.2, 0.25) is 5.91 Å². The number of carbonyl (C=O) groups excluding carboxylic acids is 4. The number of nitrogens with zero attached hydrogens (tertiary/aromatic N) is 1. The monoisotopic (exact) mass is 512 g/mol. The lowest BCUT2D eigenvalue weighted by molar-refractivity contribution is -0.122. The summed E-state index contributed by atoms with van der Waals surface area (Å²) in [7, 11) is 1.26. The van der Waals surface area contributed by atoms with Crippen LogP contribution in [0.4, 0.5) is 11.4 Å². The van der Waals surface area contributed by atoms with Crippen molar-refractivity contribution < 1.29 is 28.7 Å². The van der Waals surface area contributed by atoms with Crippen molar-refractivity contribution in [2.75, 3.05) is 17.3 Å². The van der Waals surface area contributed by atoms with Crippen molar-refractivity contribution in [2.45, 2.75) is 33.3 Å². The maximum atomic E-state index is 13.7. The summed E-state index contributed by atoms with van der Waals surface area (Å²) in [6.07, 6.45) is 0. The zero-order chi connectivity index (χ0) is 27.6. The molecule has 1 heterocycles. The van der Waals surface area contributed by atoms with Gasteiger partial charge in [-0.1, -0.05) is 36.4 Å². The molecule has 1 aliphatic heterocycles. The van der Waals surface area contributed by atoms with Gasteiger partial charge in [0, 0.05) is 18.2 Å². The number of rotatable bonds is 5. The zero-order valence-corrected chi connectivity index (χ0v) is 21.8. The molecule has 0 fully saturated rings. The van der Waals surface area contributed by atoms with Crippen LogP contribution in [0.3, 0.4) is 0 Å². The second kappa shape index (κ2) is 10.3. The molecule has 0 aromatic heterocycles. The van der Waals surface area contributed by atoms with E-state index < -0.39 is 29.4 Å². The highest BCUT2D eigenvalue weighted by atomic mass is 16.6. The number of anilines is 2. The standard InChI is InChI=1S/C30H28N2O6/c1-18(33)32-24-17-21(28(35)37-5)13-16-23(24)25(27(32)34)26(19-9-7-6-8-10-19)31-22-14-11-20(12-15-22)29(36)38-30(2,3)4/h6-17,31H,1-5H3. The molecule has 8 heteroatoms. The average Bonchev–Trinajstić information content (AvgIpc) is 3.17. The van der Waals surface area contributed by atoms with E-state index >= 15 is 0 Å². The Morgan fingerprint density at radius 2 is 1.45 bits per heavy atom. The summed E-state index contributed by atoms with van der Waals surface area (Å²) in [5.41, 5.74) is 2.85. The highest BCUT2D eigenvalue weighted by molar-refractivity contribution is 6.43. The minimum atomic E-state index is -0.620. The Hall–Kier alpha value is -4.72. The fraction of sp³-hybridized carbons (Fsp3) is 0.200. The highest BCUT2D eigenvalue weighted by Gasteiger charge is 2.38. The number of imide groups is 1. The molecule has 2 amide bonds. The molecule has 38 heavy (non-hydrogen) atoms. The normalized spacial score (nSPS) is 14.0. The second-order valence-electron chi connectivity index (χ2n) is 9.70. The van der Waals surface area contributed by atoms with Gasteiger partial charge in [0.1, 0.15) is 5.60 Å². The predicted octanol–water partition coefficient (Wildman–Crippen LogP) is 5.30. The molecule has 0 saturated heterocycles. The zero-order valence-electron chi connectivity index (χ0n) is 21.8. The number of amides is 2. The van der Waals surface area contributed by atoms with Gasteiger partial charge in [-0.05, 0) is 62.7 Å². The van der Waals surface area contributed by atoms with E-state index in [0.717, 1.165) is 4.90 Å². The average molecular weight is 513 g/mol. The van der Waals surface area contributed by atoms with E-state index in [1.807, 2.05) is 30.3 Å². The number of benzene rings is 3. The molecule has 1 N–H and O–H groups in total. The van der Waals surface area contributed by atoms with E-state index in [1.165, 1.54) is 20.1 Å². The van der Waals surface area contributed by atoms with E-state index in [1.54, 1.807) is 57.2 Å². The van der Waals surface area contributed by atoms with Crippen LogP contribution in [0, 0.1) is 0 Å². The van der Waals surface area contributed by atoms with Crippen LogP contribution in [-0.2, 0) is 19.1 Å². The Morgan fingerprint density at radius 3 is 2.03 bits per heavy atom. The van der Waals surface area contributed by atoms with Crippen molar-refractivity contribution in [3.05, 3.63) is 95.1 Å². The molecule has 8 nitrogen and oxygen atoms in total. The number of nitrogens with one attached hydrogen (secondary N) is 1. The van der Waals surface area contributed by atoms with Crippen molar-refractivity contribution in [3.8, 4) is 0 Å². The summed E-state index contributed by atoms with van der Waals surface area (Å²) in [5, 5.41) is 3.31. The van der Waals surface area contributed by atoms with E-state index in [0.29, 0.717) is 33.8 Å². The topological polar surface area (TPSA) is 102 Å². The van der Waals surface area contributed by atoms with Gasteiger partial charge in [-0.25, -0.2) is 14.5 Å². The third kappa shape index (κ3) is 5.34. The molecule has 0 unspecified atom stereocenters. The number of hydrogen-bond donors (Lipinski definition) is 1. The maximum Gasteiger partial charge on any atom is 0.338 e. The maximum absolute atomic E-state index is 13.7. The minimum Gasteiger partial charge on any atom is -0.465 e. The lowest BCUT2D eigenvalue weighted by atomic mass is 9.99. The summed E-state index contributed by atoms with van der Waals surface area (Å²) in [6, 6.07) is 20.6. The Kier molecular flexibility index (Phi) is 7.17. The summed E-state index contributed by atoms with van der Waals surface area (Å²) >= 11 is 0. The van der Waals surface area contributed by atoms with Gasteiger partial charge in [0.25, 0.3) is 5.91 Å². The van der Waals surface area contributed by atoms with E-state index in [4.69, 9.17) is 9.47 Å². The quantitative estimate of drug-likeness (QED) is 0.365. The largest absolute Gasteiger partial charge is 0.465 e. The molecule has 4 rings (SSSR count). The number of methoxy groups -OCH3 is 1. The number of esters is 2. The van der Waals surface area contributed by atoms with E-state index in [9.17, 15) is 19.2 Å². The molecule has 3 aromatic carbocycles. The Bertz CT molecular complexity index is 1450. The molecular formula is C30H28N2O6.